The molecule has 0 radical (unpaired) electrons. The quantitative estimate of drug-likeness (QED) is 0.759. The number of nitrogens with zero attached hydrogens (tertiary/aromatic N) is 2. The van der Waals surface area contributed by atoms with Gasteiger partial charge in [-0.15, -0.1) is 0 Å². The van der Waals surface area contributed by atoms with E-state index in [1.165, 1.54) is 6.20 Å². The summed E-state index contributed by atoms with van der Waals surface area (Å²) in [6.07, 6.45) is 1.51. The molecule has 2 aromatic heterocycles. The maximum Gasteiger partial charge on any atom is 0.376 e. The number of hydrogen-bond acceptors (Lipinski definition) is 5. The molecule has 0 saturated heterocycles. The number of aryl methyl sites for hydroxylation is 1. The van der Waals surface area contributed by atoms with Gasteiger partial charge in [0.25, 0.3) is 0 Å². The zero-order valence-corrected chi connectivity index (χ0v) is 9.64. The van der Waals surface area contributed by atoms with Crippen LogP contribution < -0.4 is 0 Å². The molecule has 0 fully saturated rings. The topological polar surface area (TPSA) is 65.2 Å². The fourth-order valence-electron chi connectivity index (χ4n) is 1.36. The van der Waals surface area contributed by atoms with E-state index < -0.39 is 5.97 Å². The molecule has 0 saturated carbocycles. The molecule has 0 aliphatic heterocycles. The Hall–Kier alpha value is -2.17. The van der Waals surface area contributed by atoms with E-state index in [0.29, 0.717) is 18.1 Å². The van der Waals surface area contributed by atoms with E-state index in [4.69, 9.17) is 9.15 Å². The van der Waals surface area contributed by atoms with E-state index >= 15 is 0 Å². The summed E-state index contributed by atoms with van der Waals surface area (Å²) < 4.78 is 10.3. The molecule has 2 aromatic rings. The predicted octanol–water partition coefficient (Wildman–Crippen LogP) is 2.22. The van der Waals surface area contributed by atoms with Gasteiger partial charge in [-0.25, -0.2) is 14.8 Å². The first-order chi connectivity index (χ1) is 8.20. The number of carbonyl (C=O) groups is 1. The lowest BCUT2D eigenvalue weighted by molar-refractivity contribution is 0.0512. The Morgan fingerprint density at radius 1 is 1.41 bits per heavy atom. The third kappa shape index (κ3) is 2.50. The third-order valence-electron chi connectivity index (χ3n) is 2.11. The van der Waals surface area contributed by atoms with Crippen molar-refractivity contribution in [2.45, 2.75) is 13.8 Å². The first-order valence-corrected chi connectivity index (χ1v) is 5.27. The first kappa shape index (κ1) is 11.3. The summed E-state index contributed by atoms with van der Waals surface area (Å²) in [4.78, 5) is 19.4. The van der Waals surface area contributed by atoms with Crippen molar-refractivity contribution in [2.75, 3.05) is 6.61 Å². The van der Waals surface area contributed by atoms with Crippen LogP contribution in [0, 0.1) is 6.92 Å². The van der Waals surface area contributed by atoms with Crippen LogP contribution in [0.5, 0.6) is 0 Å². The van der Waals surface area contributed by atoms with Crippen molar-refractivity contribution in [3.63, 3.8) is 0 Å². The zero-order chi connectivity index (χ0) is 12.3. The number of hydrogen-bond donors (Lipinski definition) is 0. The Bertz CT molecular complexity index is 534. The SMILES string of the molecule is CCOC(=O)c1nccc(-c2ccc(C)o2)n1. The summed E-state index contributed by atoms with van der Waals surface area (Å²) in [7, 11) is 0. The van der Waals surface area contributed by atoms with Gasteiger partial charge in [0.2, 0.25) is 5.82 Å². The summed E-state index contributed by atoms with van der Waals surface area (Å²) in [6.45, 7) is 3.88. The van der Waals surface area contributed by atoms with E-state index in [0.717, 1.165) is 5.76 Å². The highest BCUT2D eigenvalue weighted by Gasteiger charge is 2.12. The third-order valence-corrected chi connectivity index (χ3v) is 2.11. The van der Waals surface area contributed by atoms with Gasteiger partial charge in [-0.3, -0.25) is 0 Å². The highest BCUT2D eigenvalue weighted by atomic mass is 16.5. The van der Waals surface area contributed by atoms with Gasteiger partial charge in [0.1, 0.15) is 11.5 Å². The van der Waals surface area contributed by atoms with Crippen molar-refractivity contribution < 1.29 is 13.9 Å². The molecule has 0 spiro atoms. The molecule has 0 aliphatic carbocycles. The summed E-state index contributed by atoms with van der Waals surface area (Å²) in [5.74, 6) is 0.905. The van der Waals surface area contributed by atoms with Crippen LogP contribution in [0.4, 0.5) is 0 Å². The van der Waals surface area contributed by atoms with Crippen LogP contribution in [0.1, 0.15) is 23.3 Å². The number of rotatable bonds is 3. The van der Waals surface area contributed by atoms with Gasteiger partial charge in [-0.2, -0.15) is 0 Å². The largest absolute Gasteiger partial charge is 0.460 e. The van der Waals surface area contributed by atoms with Crippen LogP contribution >= 0.6 is 0 Å². The van der Waals surface area contributed by atoms with Crippen LogP contribution in [0.15, 0.2) is 28.8 Å². The zero-order valence-electron chi connectivity index (χ0n) is 9.64. The Morgan fingerprint density at radius 3 is 2.88 bits per heavy atom. The Balaban J connectivity index is 2.31. The van der Waals surface area contributed by atoms with Gasteiger partial charge in [-0.05, 0) is 32.0 Å². The molecule has 0 atom stereocenters. The van der Waals surface area contributed by atoms with Crippen LogP contribution in [0.2, 0.25) is 0 Å². The minimum Gasteiger partial charge on any atom is -0.460 e. The van der Waals surface area contributed by atoms with Gasteiger partial charge >= 0.3 is 5.97 Å². The fourth-order valence-corrected chi connectivity index (χ4v) is 1.36. The molecular weight excluding hydrogens is 220 g/mol. The molecule has 0 aliphatic rings. The van der Waals surface area contributed by atoms with Crippen molar-refractivity contribution in [3.8, 4) is 11.5 Å². The van der Waals surface area contributed by atoms with Crippen LogP contribution in [-0.4, -0.2) is 22.5 Å². The van der Waals surface area contributed by atoms with E-state index in [-0.39, 0.29) is 5.82 Å². The molecule has 5 heteroatoms. The molecule has 5 nitrogen and oxygen atoms in total. The maximum atomic E-state index is 11.5. The smallest absolute Gasteiger partial charge is 0.376 e. The van der Waals surface area contributed by atoms with E-state index in [1.807, 2.05) is 13.0 Å². The number of esters is 1. The van der Waals surface area contributed by atoms with Crippen molar-refractivity contribution in [1.82, 2.24) is 9.97 Å². The molecule has 88 valence electrons. The lowest BCUT2D eigenvalue weighted by atomic mass is 10.3. The standard InChI is InChI=1S/C12H12N2O3/c1-3-16-12(15)11-13-7-6-9(14-11)10-5-4-8(2)17-10/h4-7H,3H2,1-2H3. The average Bonchev–Trinajstić information content (AvgIpc) is 2.76. The summed E-state index contributed by atoms with van der Waals surface area (Å²) >= 11 is 0. The monoisotopic (exact) mass is 232 g/mol. The highest BCUT2D eigenvalue weighted by Crippen LogP contribution is 2.19. The van der Waals surface area contributed by atoms with Crippen LogP contribution in [-0.2, 0) is 4.74 Å². The van der Waals surface area contributed by atoms with Gasteiger partial charge in [0.05, 0.1) is 6.61 Å². The molecule has 0 N–H and O–H groups in total. The summed E-state index contributed by atoms with van der Waals surface area (Å²) in [5.41, 5.74) is 0.566. The van der Waals surface area contributed by atoms with Gasteiger partial charge < -0.3 is 9.15 Å². The molecule has 17 heavy (non-hydrogen) atoms. The Morgan fingerprint density at radius 2 is 2.24 bits per heavy atom. The molecule has 0 unspecified atom stereocenters. The normalized spacial score (nSPS) is 10.2. The van der Waals surface area contributed by atoms with Crippen molar-refractivity contribution in [3.05, 3.63) is 36.0 Å². The minimum atomic E-state index is -0.530. The van der Waals surface area contributed by atoms with Gasteiger partial charge in [-0.1, -0.05) is 0 Å². The Kier molecular flexibility index (Phi) is 3.18. The molecular formula is C12H12N2O3. The van der Waals surface area contributed by atoms with E-state index in [1.54, 1.807) is 19.1 Å². The van der Waals surface area contributed by atoms with Crippen LogP contribution in [0.25, 0.3) is 11.5 Å². The van der Waals surface area contributed by atoms with Crippen molar-refractivity contribution >= 4 is 5.97 Å². The lowest BCUT2D eigenvalue weighted by Crippen LogP contribution is -2.09. The maximum absolute atomic E-state index is 11.5. The molecule has 2 rings (SSSR count). The molecule has 2 heterocycles. The van der Waals surface area contributed by atoms with Crippen molar-refractivity contribution in [2.24, 2.45) is 0 Å². The fraction of sp³-hybridized carbons (Fsp3) is 0.250. The summed E-state index contributed by atoms with van der Waals surface area (Å²) in [6, 6.07) is 5.31. The second kappa shape index (κ2) is 4.78. The molecule has 0 aromatic carbocycles. The average molecular weight is 232 g/mol. The minimum absolute atomic E-state index is 0.0402. The predicted molar refractivity (Wildman–Crippen MR) is 60.4 cm³/mol. The second-order valence-corrected chi connectivity index (χ2v) is 3.40. The number of furan rings is 1. The summed E-state index contributed by atoms with van der Waals surface area (Å²) in [5, 5.41) is 0. The highest BCUT2D eigenvalue weighted by molar-refractivity contribution is 5.85. The number of aromatic nitrogens is 2. The van der Waals surface area contributed by atoms with Crippen LogP contribution in [0.3, 0.4) is 0 Å². The van der Waals surface area contributed by atoms with Gasteiger partial charge in [0, 0.05) is 6.20 Å². The molecule has 0 bridgehead atoms. The van der Waals surface area contributed by atoms with Gasteiger partial charge in [0.15, 0.2) is 5.76 Å². The van der Waals surface area contributed by atoms with E-state index in [9.17, 15) is 4.79 Å². The van der Waals surface area contributed by atoms with Crippen molar-refractivity contribution in [1.29, 1.82) is 0 Å². The number of carbonyl (C=O) groups excluding carboxylic acids is 1. The molecule has 0 amide bonds. The Labute approximate surface area is 98.5 Å². The van der Waals surface area contributed by atoms with E-state index in [2.05, 4.69) is 9.97 Å². The second-order valence-electron chi connectivity index (χ2n) is 3.40. The number of ether oxygens (including phenoxy) is 1. The lowest BCUT2D eigenvalue weighted by Gasteiger charge is -2.01. The first-order valence-electron chi connectivity index (χ1n) is 5.27.